The molecule has 2 aromatic carbocycles. The summed E-state index contributed by atoms with van der Waals surface area (Å²) < 4.78 is 12.7. The first-order valence-corrected chi connectivity index (χ1v) is 10.3. The number of nitrogens with zero attached hydrogens (tertiary/aromatic N) is 3. The number of ether oxygens (including phenoxy) is 2. The number of carbonyl (C=O) groups is 1. The lowest BCUT2D eigenvalue weighted by molar-refractivity contribution is -0.142. The normalized spacial score (nSPS) is 11.0. The zero-order valence-electron chi connectivity index (χ0n) is 18.2. The molecule has 0 N–H and O–H groups in total. The molecule has 0 spiro atoms. The van der Waals surface area contributed by atoms with Gasteiger partial charge < -0.3 is 9.47 Å². The second kappa shape index (κ2) is 8.60. The summed E-state index contributed by atoms with van der Waals surface area (Å²) in [6.45, 7) is 6.12. The highest BCUT2D eigenvalue weighted by Gasteiger charge is 2.20. The molecule has 0 aliphatic rings. The Morgan fingerprint density at radius 2 is 1.81 bits per heavy atom. The third-order valence-electron chi connectivity index (χ3n) is 5.27. The number of benzene rings is 2. The Hall–Kier alpha value is -3.67. The molecule has 0 saturated carbocycles. The Morgan fingerprint density at radius 1 is 1.03 bits per heavy atom. The number of methoxy groups -OCH3 is 1. The van der Waals surface area contributed by atoms with E-state index in [1.807, 2.05) is 75.4 Å². The number of hydrogen-bond donors (Lipinski definition) is 0. The van der Waals surface area contributed by atoms with Crippen LogP contribution in [0.2, 0.25) is 0 Å². The highest BCUT2D eigenvalue weighted by atomic mass is 16.5. The maximum atomic E-state index is 12.3. The number of rotatable bonds is 6. The average Bonchev–Trinajstić information content (AvgIpc) is 3.04. The van der Waals surface area contributed by atoms with Gasteiger partial charge in [-0.2, -0.15) is 0 Å². The first kappa shape index (κ1) is 20.6. The molecule has 0 atom stereocenters. The number of carbonyl (C=O) groups excluding carboxylic acids is 1. The Labute approximate surface area is 181 Å². The maximum Gasteiger partial charge on any atom is 0.310 e. The molecule has 2 heterocycles. The molecule has 6 nitrogen and oxygen atoms in total. The fourth-order valence-corrected chi connectivity index (χ4v) is 3.85. The molecule has 0 aliphatic carbocycles. The van der Waals surface area contributed by atoms with Crippen LogP contribution in [0.15, 0.2) is 54.6 Å². The Kier molecular flexibility index (Phi) is 5.71. The standard InChI is InChI=1S/C25H25N3O3/c1-5-31-24(29)15-20-17(3)28(22-12-11-19(30-4)14-21(20)22)23-13-16(2)26-25(27-23)18-9-7-6-8-10-18/h6-14H,5,15H2,1-4H3. The quantitative estimate of drug-likeness (QED) is 0.423. The monoisotopic (exact) mass is 415 g/mol. The molecule has 4 aromatic rings. The minimum atomic E-state index is -0.253. The minimum Gasteiger partial charge on any atom is -0.497 e. The van der Waals surface area contributed by atoms with Crippen LogP contribution in [0.4, 0.5) is 0 Å². The number of aryl methyl sites for hydroxylation is 1. The summed E-state index contributed by atoms with van der Waals surface area (Å²) in [5.74, 6) is 1.90. The molecule has 0 unspecified atom stereocenters. The second-order valence-electron chi connectivity index (χ2n) is 7.32. The van der Waals surface area contributed by atoms with Crippen molar-refractivity contribution in [1.82, 2.24) is 14.5 Å². The summed E-state index contributed by atoms with van der Waals surface area (Å²) >= 11 is 0. The van der Waals surface area contributed by atoms with Gasteiger partial charge in [-0.1, -0.05) is 30.3 Å². The fourth-order valence-electron chi connectivity index (χ4n) is 3.85. The first-order valence-electron chi connectivity index (χ1n) is 10.3. The predicted molar refractivity (Wildman–Crippen MR) is 121 cm³/mol. The van der Waals surface area contributed by atoms with Crippen LogP contribution in [0.5, 0.6) is 5.75 Å². The van der Waals surface area contributed by atoms with Gasteiger partial charge in [-0.3, -0.25) is 9.36 Å². The van der Waals surface area contributed by atoms with Crippen LogP contribution in [0, 0.1) is 13.8 Å². The van der Waals surface area contributed by atoms with Gasteiger partial charge in [0.2, 0.25) is 0 Å². The van der Waals surface area contributed by atoms with Crippen LogP contribution >= 0.6 is 0 Å². The third kappa shape index (κ3) is 4.01. The van der Waals surface area contributed by atoms with E-state index in [2.05, 4.69) is 9.55 Å². The molecule has 0 aliphatic heterocycles. The van der Waals surface area contributed by atoms with Gasteiger partial charge in [0.1, 0.15) is 11.6 Å². The molecular formula is C25H25N3O3. The molecule has 0 radical (unpaired) electrons. The lowest BCUT2D eigenvalue weighted by Gasteiger charge is -2.11. The Bertz CT molecular complexity index is 1250. The topological polar surface area (TPSA) is 66.2 Å². The summed E-state index contributed by atoms with van der Waals surface area (Å²) in [5.41, 5.74) is 4.62. The van der Waals surface area contributed by atoms with Crippen molar-refractivity contribution in [1.29, 1.82) is 0 Å². The van der Waals surface area contributed by atoms with Crippen molar-refractivity contribution in [3.8, 4) is 23.0 Å². The van der Waals surface area contributed by atoms with E-state index in [-0.39, 0.29) is 12.4 Å². The molecule has 31 heavy (non-hydrogen) atoms. The third-order valence-corrected chi connectivity index (χ3v) is 5.27. The van der Waals surface area contributed by atoms with E-state index in [1.54, 1.807) is 7.11 Å². The van der Waals surface area contributed by atoms with Crippen molar-refractivity contribution in [2.24, 2.45) is 0 Å². The van der Waals surface area contributed by atoms with E-state index in [1.165, 1.54) is 0 Å². The summed E-state index contributed by atoms with van der Waals surface area (Å²) in [7, 11) is 1.63. The van der Waals surface area contributed by atoms with Gasteiger partial charge >= 0.3 is 5.97 Å². The smallest absolute Gasteiger partial charge is 0.310 e. The number of hydrogen-bond acceptors (Lipinski definition) is 5. The Morgan fingerprint density at radius 3 is 2.52 bits per heavy atom. The SMILES string of the molecule is CCOC(=O)Cc1c(C)n(-c2cc(C)nc(-c3ccccc3)n2)c2ccc(OC)cc12. The number of fused-ring (bicyclic) bond motifs is 1. The van der Waals surface area contributed by atoms with Crippen LogP contribution in [0.25, 0.3) is 28.1 Å². The summed E-state index contributed by atoms with van der Waals surface area (Å²) in [4.78, 5) is 21.8. The van der Waals surface area contributed by atoms with E-state index in [4.69, 9.17) is 14.5 Å². The van der Waals surface area contributed by atoms with E-state index in [0.29, 0.717) is 12.4 Å². The van der Waals surface area contributed by atoms with Crippen LogP contribution in [-0.2, 0) is 16.0 Å². The minimum absolute atomic E-state index is 0.186. The molecule has 4 rings (SSSR count). The maximum absolute atomic E-state index is 12.3. The van der Waals surface area contributed by atoms with Crippen LogP contribution in [0.3, 0.4) is 0 Å². The van der Waals surface area contributed by atoms with Crippen LogP contribution < -0.4 is 4.74 Å². The summed E-state index contributed by atoms with van der Waals surface area (Å²) in [6, 6.07) is 17.7. The van der Waals surface area contributed by atoms with Gasteiger partial charge in [0, 0.05) is 28.4 Å². The molecule has 158 valence electrons. The van der Waals surface area contributed by atoms with Gasteiger partial charge in [-0.05, 0) is 44.5 Å². The summed E-state index contributed by atoms with van der Waals surface area (Å²) in [5, 5.41) is 0.947. The fraction of sp³-hybridized carbons (Fsp3) is 0.240. The predicted octanol–water partition coefficient (Wildman–Crippen LogP) is 4.82. The van der Waals surface area contributed by atoms with Gasteiger partial charge in [0.25, 0.3) is 0 Å². The lowest BCUT2D eigenvalue weighted by Crippen LogP contribution is -2.09. The largest absolute Gasteiger partial charge is 0.497 e. The van der Waals surface area contributed by atoms with Crippen molar-refractivity contribution in [3.05, 3.63) is 71.5 Å². The number of aromatic nitrogens is 3. The van der Waals surface area contributed by atoms with Crippen molar-refractivity contribution in [3.63, 3.8) is 0 Å². The van der Waals surface area contributed by atoms with Gasteiger partial charge in [0.15, 0.2) is 5.82 Å². The van der Waals surface area contributed by atoms with Gasteiger partial charge in [0.05, 0.1) is 25.7 Å². The van der Waals surface area contributed by atoms with E-state index in [9.17, 15) is 4.79 Å². The zero-order chi connectivity index (χ0) is 22.0. The average molecular weight is 415 g/mol. The van der Waals surface area contributed by atoms with Crippen molar-refractivity contribution in [2.45, 2.75) is 27.2 Å². The highest BCUT2D eigenvalue weighted by molar-refractivity contribution is 5.91. The molecule has 2 aromatic heterocycles. The van der Waals surface area contributed by atoms with Gasteiger partial charge in [-0.15, -0.1) is 0 Å². The summed E-state index contributed by atoms with van der Waals surface area (Å²) in [6.07, 6.45) is 0.186. The Balaban J connectivity index is 1.93. The molecule has 6 heteroatoms. The molecule has 0 bridgehead atoms. The molecule has 0 fully saturated rings. The first-order chi connectivity index (χ1) is 15.0. The van der Waals surface area contributed by atoms with Gasteiger partial charge in [-0.25, -0.2) is 9.97 Å². The molecule has 0 saturated heterocycles. The van der Waals surface area contributed by atoms with Crippen molar-refractivity contribution in [2.75, 3.05) is 13.7 Å². The molecule has 0 amide bonds. The van der Waals surface area contributed by atoms with E-state index >= 15 is 0 Å². The highest BCUT2D eigenvalue weighted by Crippen LogP contribution is 2.32. The lowest BCUT2D eigenvalue weighted by atomic mass is 10.1. The van der Waals surface area contributed by atoms with Crippen molar-refractivity contribution < 1.29 is 14.3 Å². The molecular weight excluding hydrogens is 390 g/mol. The van der Waals surface area contributed by atoms with Crippen molar-refractivity contribution >= 4 is 16.9 Å². The van der Waals surface area contributed by atoms with E-state index in [0.717, 1.165) is 45.0 Å². The van der Waals surface area contributed by atoms with Crippen LogP contribution in [0.1, 0.15) is 23.9 Å². The van der Waals surface area contributed by atoms with Crippen LogP contribution in [-0.4, -0.2) is 34.2 Å². The zero-order valence-corrected chi connectivity index (χ0v) is 18.2. The number of esters is 1. The second-order valence-corrected chi connectivity index (χ2v) is 7.32. The van der Waals surface area contributed by atoms with E-state index < -0.39 is 0 Å².